The lowest BCUT2D eigenvalue weighted by molar-refractivity contribution is -0.119. The Morgan fingerprint density at radius 3 is 2.36 bits per heavy atom. The fourth-order valence-electron chi connectivity index (χ4n) is 1.67. The van der Waals surface area contributed by atoms with E-state index in [0.29, 0.717) is 5.75 Å². The minimum absolute atomic E-state index is 0.369. The SMILES string of the molecule is C[C@@H](SC[C@@H](O)c1ccccc1)C(=O)NC(=O)NC(C)(C)C. The van der Waals surface area contributed by atoms with Crippen molar-refractivity contribution in [3.8, 4) is 0 Å². The lowest BCUT2D eigenvalue weighted by atomic mass is 10.1. The topological polar surface area (TPSA) is 78.4 Å². The molecule has 1 aromatic rings. The lowest BCUT2D eigenvalue weighted by Gasteiger charge is -2.21. The number of aliphatic hydroxyl groups excluding tert-OH is 1. The molecule has 1 rings (SSSR count). The zero-order chi connectivity index (χ0) is 16.8. The van der Waals surface area contributed by atoms with E-state index in [4.69, 9.17) is 0 Å². The molecule has 0 spiro atoms. The van der Waals surface area contributed by atoms with Crippen molar-refractivity contribution in [2.45, 2.75) is 44.6 Å². The highest BCUT2D eigenvalue weighted by molar-refractivity contribution is 8.00. The van der Waals surface area contributed by atoms with Gasteiger partial charge in [0.1, 0.15) is 0 Å². The summed E-state index contributed by atoms with van der Waals surface area (Å²) in [4.78, 5) is 23.5. The van der Waals surface area contributed by atoms with E-state index in [2.05, 4.69) is 10.6 Å². The van der Waals surface area contributed by atoms with Crippen LogP contribution in [0.25, 0.3) is 0 Å². The summed E-state index contributed by atoms with van der Waals surface area (Å²) in [5.74, 6) is 0.0199. The van der Waals surface area contributed by atoms with Gasteiger partial charge in [0.2, 0.25) is 5.91 Å². The summed E-state index contributed by atoms with van der Waals surface area (Å²) >= 11 is 1.31. The molecule has 22 heavy (non-hydrogen) atoms. The monoisotopic (exact) mass is 324 g/mol. The van der Waals surface area contributed by atoms with Crippen molar-refractivity contribution in [1.82, 2.24) is 10.6 Å². The average Bonchev–Trinajstić information content (AvgIpc) is 2.43. The molecule has 122 valence electrons. The van der Waals surface area contributed by atoms with E-state index in [0.717, 1.165) is 5.56 Å². The second kappa shape index (κ2) is 8.19. The van der Waals surface area contributed by atoms with E-state index in [1.807, 2.05) is 51.1 Å². The molecule has 3 N–H and O–H groups in total. The van der Waals surface area contributed by atoms with Gasteiger partial charge in [0, 0.05) is 11.3 Å². The molecule has 0 aliphatic heterocycles. The zero-order valence-corrected chi connectivity index (χ0v) is 14.2. The third-order valence-corrected chi connectivity index (χ3v) is 4.01. The Morgan fingerprint density at radius 1 is 1.23 bits per heavy atom. The molecular formula is C16H24N2O3S. The average molecular weight is 324 g/mol. The largest absolute Gasteiger partial charge is 0.388 e. The molecule has 0 saturated carbocycles. The van der Waals surface area contributed by atoms with E-state index >= 15 is 0 Å². The Labute approximate surface area is 135 Å². The molecule has 0 aromatic heterocycles. The van der Waals surface area contributed by atoms with Crippen LogP contribution in [0.4, 0.5) is 4.79 Å². The number of thioether (sulfide) groups is 1. The first-order valence-corrected chi connectivity index (χ1v) is 8.21. The molecule has 1 aromatic carbocycles. The molecular weight excluding hydrogens is 300 g/mol. The van der Waals surface area contributed by atoms with Crippen molar-refractivity contribution in [3.05, 3.63) is 35.9 Å². The Hall–Kier alpha value is -1.53. The highest BCUT2D eigenvalue weighted by atomic mass is 32.2. The Bertz CT molecular complexity index is 500. The molecule has 0 aliphatic rings. The summed E-state index contributed by atoms with van der Waals surface area (Å²) in [5, 5.41) is 14.6. The molecule has 6 heteroatoms. The van der Waals surface area contributed by atoms with Crippen molar-refractivity contribution in [2.24, 2.45) is 0 Å². The number of benzene rings is 1. The fourth-order valence-corrected chi connectivity index (χ4v) is 2.54. The molecule has 0 fully saturated rings. The van der Waals surface area contributed by atoms with Crippen LogP contribution in [0.2, 0.25) is 0 Å². The predicted molar refractivity (Wildman–Crippen MR) is 89.7 cm³/mol. The van der Waals surface area contributed by atoms with Gasteiger partial charge in [0.05, 0.1) is 11.4 Å². The van der Waals surface area contributed by atoms with E-state index in [1.165, 1.54) is 11.8 Å². The van der Waals surface area contributed by atoms with Crippen LogP contribution in [-0.2, 0) is 4.79 Å². The molecule has 2 atom stereocenters. The fraction of sp³-hybridized carbons (Fsp3) is 0.500. The van der Waals surface area contributed by atoms with Crippen LogP contribution >= 0.6 is 11.8 Å². The number of hydrogen-bond acceptors (Lipinski definition) is 4. The Balaban J connectivity index is 2.40. The lowest BCUT2D eigenvalue weighted by Crippen LogP contribution is -2.49. The molecule has 0 bridgehead atoms. The quantitative estimate of drug-likeness (QED) is 0.777. The molecule has 0 unspecified atom stereocenters. The van der Waals surface area contributed by atoms with Crippen molar-refractivity contribution in [1.29, 1.82) is 0 Å². The van der Waals surface area contributed by atoms with Gasteiger partial charge in [-0.1, -0.05) is 30.3 Å². The van der Waals surface area contributed by atoms with Gasteiger partial charge in [0.25, 0.3) is 0 Å². The predicted octanol–water partition coefficient (Wildman–Crippen LogP) is 2.47. The summed E-state index contributed by atoms with van der Waals surface area (Å²) in [6, 6.07) is 8.77. The second-order valence-corrected chi connectivity index (χ2v) is 7.47. The molecule has 0 aliphatic carbocycles. The summed E-state index contributed by atoms with van der Waals surface area (Å²) < 4.78 is 0. The molecule has 0 heterocycles. The van der Waals surface area contributed by atoms with Crippen LogP contribution < -0.4 is 10.6 Å². The van der Waals surface area contributed by atoms with Crippen molar-refractivity contribution in [2.75, 3.05) is 5.75 Å². The van der Waals surface area contributed by atoms with Gasteiger partial charge in [-0.2, -0.15) is 0 Å². The highest BCUT2D eigenvalue weighted by Gasteiger charge is 2.20. The van der Waals surface area contributed by atoms with Crippen LogP contribution in [0, 0.1) is 0 Å². The maximum absolute atomic E-state index is 11.9. The number of urea groups is 1. The summed E-state index contributed by atoms with van der Waals surface area (Å²) in [6.45, 7) is 7.23. The third kappa shape index (κ3) is 6.95. The summed E-state index contributed by atoms with van der Waals surface area (Å²) in [5.41, 5.74) is 0.414. The van der Waals surface area contributed by atoms with Gasteiger partial charge in [-0.3, -0.25) is 10.1 Å². The maximum Gasteiger partial charge on any atom is 0.321 e. The number of nitrogens with one attached hydrogen (secondary N) is 2. The van der Waals surface area contributed by atoms with Crippen molar-refractivity contribution >= 4 is 23.7 Å². The van der Waals surface area contributed by atoms with Gasteiger partial charge < -0.3 is 10.4 Å². The van der Waals surface area contributed by atoms with Crippen LogP contribution in [0.3, 0.4) is 0 Å². The molecule has 5 nitrogen and oxygen atoms in total. The molecule has 0 radical (unpaired) electrons. The van der Waals surface area contributed by atoms with Crippen molar-refractivity contribution in [3.63, 3.8) is 0 Å². The van der Waals surface area contributed by atoms with Gasteiger partial charge in [-0.05, 0) is 33.3 Å². The number of imide groups is 1. The van der Waals surface area contributed by atoms with Gasteiger partial charge in [-0.15, -0.1) is 11.8 Å². The Kier molecular flexibility index (Phi) is 6.90. The number of carbonyl (C=O) groups is 2. The number of aliphatic hydroxyl groups is 1. The van der Waals surface area contributed by atoms with Gasteiger partial charge >= 0.3 is 6.03 Å². The van der Waals surface area contributed by atoms with Crippen LogP contribution in [0.5, 0.6) is 0 Å². The number of rotatable bonds is 5. The molecule has 0 saturated heterocycles. The van der Waals surface area contributed by atoms with Gasteiger partial charge in [0.15, 0.2) is 0 Å². The van der Waals surface area contributed by atoms with E-state index in [1.54, 1.807) is 6.92 Å². The van der Waals surface area contributed by atoms with Crippen molar-refractivity contribution < 1.29 is 14.7 Å². The first-order chi connectivity index (χ1) is 10.2. The van der Waals surface area contributed by atoms with E-state index < -0.39 is 22.9 Å². The minimum atomic E-state index is -0.634. The number of carbonyl (C=O) groups excluding carboxylic acids is 2. The second-order valence-electron chi connectivity index (χ2n) is 6.10. The van der Waals surface area contributed by atoms with E-state index in [9.17, 15) is 14.7 Å². The third-order valence-electron chi connectivity index (χ3n) is 2.78. The van der Waals surface area contributed by atoms with Crippen LogP contribution in [0.1, 0.15) is 39.4 Å². The highest BCUT2D eigenvalue weighted by Crippen LogP contribution is 2.21. The first-order valence-electron chi connectivity index (χ1n) is 7.16. The first kappa shape index (κ1) is 18.5. The number of amides is 3. The zero-order valence-electron chi connectivity index (χ0n) is 13.4. The van der Waals surface area contributed by atoms with E-state index in [-0.39, 0.29) is 5.91 Å². The Morgan fingerprint density at radius 2 is 1.82 bits per heavy atom. The number of hydrogen-bond donors (Lipinski definition) is 3. The standard InChI is InChI=1S/C16H24N2O3S/c1-11(14(20)17-15(21)18-16(2,3)4)22-10-13(19)12-8-6-5-7-9-12/h5-9,11,13,19H,10H2,1-4H3,(H2,17,18,20,21)/t11-,13-/m1/s1. The smallest absolute Gasteiger partial charge is 0.321 e. The summed E-state index contributed by atoms with van der Waals surface area (Å²) in [7, 11) is 0. The normalized spacial score (nSPS) is 14.0. The molecule has 3 amide bonds. The van der Waals surface area contributed by atoms with Crippen LogP contribution in [-0.4, -0.2) is 33.6 Å². The van der Waals surface area contributed by atoms with Gasteiger partial charge in [-0.25, -0.2) is 4.79 Å². The minimum Gasteiger partial charge on any atom is -0.388 e. The van der Waals surface area contributed by atoms with Crippen LogP contribution in [0.15, 0.2) is 30.3 Å². The maximum atomic E-state index is 11.9. The summed E-state index contributed by atoms with van der Waals surface area (Å²) in [6.07, 6.45) is -0.634.